The van der Waals surface area contributed by atoms with E-state index in [2.05, 4.69) is 10.2 Å². The van der Waals surface area contributed by atoms with E-state index in [-0.39, 0.29) is 6.42 Å². The molecule has 0 aliphatic carbocycles. The molecule has 4 heteroatoms. The molecule has 0 aliphatic rings. The quantitative estimate of drug-likeness (QED) is 0.666. The van der Waals surface area contributed by atoms with Crippen LogP contribution in [0, 0.1) is 6.92 Å². The minimum absolute atomic E-state index is 0.0622. The summed E-state index contributed by atoms with van der Waals surface area (Å²) in [6.07, 6.45) is -0.0622. The molecule has 0 amide bonds. The van der Waals surface area contributed by atoms with Crippen molar-refractivity contribution in [2.24, 2.45) is 0 Å². The van der Waals surface area contributed by atoms with Crippen LogP contribution in [0.15, 0.2) is 12.1 Å². The Labute approximate surface area is 63.9 Å². The Kier molecular flexibility index (Phi) is 2.15. The van der Waals surface area contributed by atoms with Crippen molar-refractivity contribution in [2.75, 3.05) is 0 Å². The lowest BCUT2D eigenvalue weighted by Crippen LogP contribution is -2.03. The highest BCUT2D eigenvalue weighted by Crippen LogP contribution is 1.95. The van der Waals surface area contributed by atoms with Gasteiger partial charge in [-0.05, 0) is 19.1 Å². The number of carboxylic acids is 1. The molecule has 4 nitrogen and oxygen atoms in total. The van der Waals surface area contributed by atoms with Gasteiger partial charge < -0.3 is 5.11 Å². The van der Waals surface area contributed by atoms with Crippen LogP contribution in [-0.4, -0.2) is 21.3 Å². The maximum Gasteiger partial charge on any atom is 0.309 e. The molecule has 1 N–H and O–H groups in total. The van der Waals surface area contributed by atoms with E-state index < -0.39 is 5.97 Å². The first-order valence-electron chi connectivity index (χ1n) is 3.19. The van der Waals surface area contributed by atoms with E-state index in [9.17, 15) is 4.79 Å². The van der Waals surface area contributed by atoms with Gasteiger partial charge in [-0.25, -0.2) is 0 Å². The van der Waals surface area contributed by atoms with Crippen molar-refractivity contribution in [2.45, 2.75) is 13.3 Å². The van der Waals surface area contributed by atoms with Crippen molar-refractivity contribution >= 4 is 5.97 Å². The monoisotopic (exact) mass is 152 g/mol. The molecule has 0 bridgehead atoms. The second kappa shape index (κ2) is 3.09. The Hall–Kier alpha value is -1.45. The molecule has 58 valence electrons. The fraction of sp³-hybridized carbons (Fsp3) is 0.286. The molecule has 0 aliphatic heterocycles. The van der Waals surface area contributed by atoms with Gasteiger partial charge >= 0.3 is 5.97 Å². The number of nitrogens with zero attached hydrogens (tertiary/aromatic N) is 2. The van der Waals surface area contributed by atoms with Gasteiger partial charge in [0.15, 0.2) is 0 Å². The first kappa shape index (κ1) is 7.65. The second-order valence-electron chi connectivity index (χ2n) is 2.24. The average molecular weight is 152 g/mol. The molecule has 0 saturated heterocycles. The van der Waals surface area contributed by atoms with Gasteiger partial charge in [0.05, 0.1) is 17.8 Å². The highest BCUT2D eigenvalue weighted by Gasteiger charge is 2.00. The number of carboxylic acid groups (broad SMARTS) is 1. The summed E-state index contributed by atoms with van der Waals surface area (Å²) in [5.74, 6) is -0.886. The van der Waals surface area contributed by atoms with E-state index in [0.717, 1.165) is 5.69 Å². The molecule has 11 heavy (non-hydrogen) atoms. The average Bonchev–Trinajstić information content (AvgIpc) is 1.93. The zero-order chi connectivity index (χ0) is 8.27. The Balaban J connectivity index is 2.74. The van der Waals surface area contributed by atoms with Gasteiger partial charge in [-0.2, -0.15) is 10.2 Å². The van der Waals surface area contributed by atoms with E-state index in [0.29, 0.717) is 5.69 Å². The van der Waals surface area contributed by atoms with Crippen LogP contribution in [0.25, 0.3) is 0 Å². The number of aryl methyl sites for hydroxylation is 1. The van der Waals surface area contributed by atoms with Gasteiger partial charge in [-0.1, -0.05) is 0 Å². The predicted molar refractivity (Wildman–Crippen MR) is 38.1 cm³/mol. The number of hydrogen-bond acceptors (Lipinski definition) is 3. The first-order chi connectivity index (χ1) is 5.18. The van der Waals surface area contributed by atoms with E-state index >= 15 is 0 Å². The minimum Gasteiger partial charge on any atom is -0.481 e. The van der Waals surface area contributed by atoms with Crippen LogP contribution in [0.4, 0.5) is 0 Å². The van der Waals surface area contributed by atoms with E-state index in [1.807, 2.05) is 0 Å². The summed E-state index contributed by atoms with van der Waals surface area (Å²) in [7, 11) is 0. The van der Waals surface area contributed by atoms with Crippen LogP contribution >= 0.6 is 0 Å². The van der Waals surface area contributed by atoms with E-state index in [1.165, 1.54) is 0 Å². The van der Waals surface area contributed by atoms with Crippen LogP contribution in [0.5, 0.6) is 0 Å². The topological polar surface area (TPSA) is 63.1 Å². The van der Waals surface area contributed by atoms with E-state index in [1.54, 1.807) is 19.1 Å². The zero-order valence-corrected chi connectivity index (χ0v) is 6.11. The van der Waals surface area contributed by atoms with Crippen molar-refractivity contribution < 1.29 is 9.90 Å². The summed E-state index contributed by atoms with van der Waals surface area (Å²) in [5.41, 5.74) is 1.28. The summed E-state index contributed by atoms with van der Waals surface area (Å²) in [6.45, 7) is 1.80. The van der Waals surface area contributed by atoms with Crippen molar-refractivity contribution in [1.29, 1.82) is 0 Å². The Morgan fingerprint density at radius 2 is 2.27 bits per heavy atom. The number of aromatic nitrogens is 2. The molecule has 1 aromatic rings. The fourth-order valence-electron chi connectivity index (χ4n) is 0.676. The lowest BCUT2D eigenvalue weighted by molar-refractivity contribution is -0.136. The third-order valence-corrected chi connectivity index (χ3v) is 1.19. The maximum absolute atomic E-state index is 10.2. The van der Waals surface area contributed by atoms with Crippen LogP contribution in [0.2, 0.25) is 0 Å². The lowest BCUT2D eigenvalue weighted by Gasteiger charge is -1.93. The Morgan fingerprint density at radius 3 is 2.73 bits per heavy atom. The molecule has 0 aromatic carbocycles. The molecular formula is C7H8N2O2. The van der Waals surface area contributed by atoms with Crippen LogP contribution in [0.3, 0.4) is 0 Å². The third-order valence-electron chi connectivity index (χ3n) is 1.19. The summed E-state index contributed by atoms with van der Waals surface area (Å²) >= 11 is 0. The number of rotatable bonds is 2. The standard InChI is InChI=1S/C7H8N2O2/c1-5-2-3-6(9-8-5)4-7(10)11/h2-3H,4H2,1H3,(H,10,11). The van der Waals surface area contributed by atoms with Gasteiger partial charge in [-0.3, -0.25) is 4.79 Å². The molecule has 0 unspecified atom stereocenters. The number of carbonyl (C=O) groups is 1. The largest absolute Gasteiger partial charge is 0.481 e. The van der Waals surface area contributed by atoms with Crippen LogP contribution < -0.4 is 0 Å². The smallest absolute Gasteiger partial charge is 0.309 e. The maximum atomic E-state index is 10.2. The minimum atomic E-state index is -0.886. The second-order valence-corrected chi connectivity index (χ2v) is 2.24. The molecule has 0 fully saturated rings. The van der Waals surface area contributed by atoms with E-state index in [4.69, 9.17) is 5.11 Å². The van der Waals surface area contributed by atoms with Crippen LogP contribution in [0.1, 0.15) is 11.4 Å². The Bertz CT molecular complexity index is 256. The molecule has 1 aromatic heterocycles. The summed E-state index contributed by atoms with van der Waals surface area (Å²) < 4.78 is 0. The van der Waals surface area contributed by atoms with Crippen molar-refractivity contribution in [3.63, 3.8) is 0 Å². The lowest BCUT2D eigenvalue weighted by atomic mass is 10.3. The Morgan fingerprint density at radius 1 is 1.55 bits per heavy atom. The van der Waals surface area contributed by atoms with Crippen LogP contribution in [-0.2, 0) is 11.2 Å². The highest BCUT2D eigenvalue weighted by atomic mass is 16.4. The molecule has 1 rings (SSSR count). The summed E-state index contributed by atoms with van der Waals surface area (Å²) in [6, 6.07) is 3.40. The van der Waals surface area contributed by atoms with Crippen molar-refractivity contribution in [3.05, 3.63) is 23.5 Å². The predicted octanol–water partition coefficient (Wildman–Crippen LogP) is 0.412. The normalized spacial score (nSPS) is 9.55. The molecule has 0 spiro atoms. The molecule has 0 saturated carbocycles. The summed E-state index contributed by atoms with van der Waals surface area (Å²) in [4.78, 5) is 10.2. The highest BCUT2D eigenvalue weighted by molar-refractivity contribution is 5.69. The van der Waals surface area contributed by atoms with Gasteiger partial charge in [0.2, 0.25) is 0 Å². The first-order valence-corrected chi connectivity index (χ1v) is 3.19. The van der Waals surface area contributed by atoms with Gasteiger partial charge in [0.1, 0.15) is 0 Å². The molecular weight excluding hydrogens is 144 g/mol. The third kappa shape index (κ3) is 2.33. The fourth-order valence-corrected chi connectivity index (χ4v) is 0.676. The molecule has 0 atom stereocenters. The SMILES string of the molecule is Cc1ccc(CC(=O)O)nn1. The van der Waals surface area contributed by atoms with Gasteiger partial charge in [-0.15, -0.1) is 0 Å². The zero-order valence-electron chi connectivity index (χ0n) is 6.11. The summed E-state index contributed by atoms with van der Waals surface area (Å²) in [5, 5.41) is 15.8. The molecule has 0 radical (unpaired) electrons. The molecule has 1 heterocycles. The van der Waals surface area contributed by atoms with Crippen molar-refractivity contribution in [3.8, 4) is 0 Å². The number of hydrogen-bond donors (Lipinski definition) is 1. The number of aliphatic carboxylic acids is 1. The van der Waals surface area contributed by atoms with Gasteiger partial charge in [0.25, 0.3) is 0 Å². The van der Waals surface area contributed by atoms with Gasteiger partial charge in [0, 0.05) is 0 Å². The van der Waals surface area contributed by atoms with Crippen molar-refractivity contribution in [1.82, 2.24) is 10.2 Å².